The smallest absolute Gasteiger partial charge is 0.322 e. The van der Waals surface area contributed by atoms with E-state index in [9.17, 15) is 14.4 Å². The number of imide groups is 1. The van der Waals surface area contributed by atoms with Crippen LogP contribution in [0.1, 0.15) is 68.2 Å². The number of rotatable bonds is 4. The van der Waals surface area contributed by atoms with E-state index in [2.05, 4.69) is 27.6 Å². The lowest BCUT2D eigenvalue weighted by molar-refractivity contribution is -0.134. The van der Waals surface area contributed by atoms with Crippen molar-refractivity contribution >= 4 is 28.9 Å². The summed E-state index contributed by atoms with van der Waals surface area (Å²) in [5, 5.41) is 3.63. The molecule has 1 aliphatic heterocycles. The monoisotopic (exact) mass is 409 g/mol. The van der Waals surface area contributed by atoms with Crippen molar-refractivity contribution < 1.29 is 14.4 Å². The molecule has 0 bridgehead atoms. The molecule has 8 heteroatoms. The van der Waals surface area contributed by atoms with Gasteiger partial charge in [-0.3, -0.25) is 15.0 Å². The summed E-state index contributed by atoms with van der Waals surface area (Å²) < 4.78 is 0. The quantitative estimate of drug-likeness (QED) is 0.756. The molecule has 4 rings (SSSR count). The number of carbonyl (C=O) groups is 3. The summed E-state index contributed by atoms with van der Waals surface area (Å²) in [4.78, 5) is 47.4. The summed E-state index contributed by atoms with van der Waals surface area (Å²) in [6.45, 7) is 6.20. The molecule has 2 fully saturated rings. The van der Waals surface area contributed by atoms with E-state index in [-0.39, 0.29) is 5.91 Å². The fraction of sp³-hybridized carbons (Fsp3) is 0.500. The molecular weight excluding hydrogens is 382 g/mol. The predicted octanol–water partition coefficient (Wildman–Crippen LogP) is 2.90. The van der Waals surface area contributed by atoms with Crippen LogP contribution in [0, 0.1) is 5.92 Å². The van der Waals surface area contributed by atoms with Gasteiger partial charge in [-0.05, 0) is 62.6 Å². The first-order valence-corrected chi connectivity index (χ1v) is 10.6. The maximum Gasteiger partial charge on any atom is 0.344 e. The van der Waals surface area contributed by atoms with Gasteiger partial charge >= 0.3 is 6.03 Å². The van der Waals surface area contributed by atoms with Crippen molar-refractivity contribution in [3.63, 3.8) is 0 Å². The lowest BCUT2D eigenvalue weighted by Gasteiger charge is -2.33. The number of nitrogens with one attached hydrogen (secondary N) is 2. The standard InChI is InChI=1S/C22H27N5O3/c1-4-15-16(5-2)24-18-12-14(6-7-17(18)23-15)19(28)26-27-20(29)22(25-21(27)30)10-8-13(3)9-11-22/h6-7,12-13H,4-5,8-11H2,1-3H3,(H,25,30)(H,26,28). The van der Waals surface area contributed by atoms with Gasteiger partial charge in [0.15, 0.2) is 0 Å². The van der Waals surface area contributed by atoms with Crippen molar-refractivity contribution in [1.82, 2.24) is 25.7 Å². The molecule has 0 radical (unpaired) electrons. The summed E-state index contributed by atoms with van der Waals surface area (Å²) in [7, 11) is 0. The molecule has 1 aromatic carbocycles. The average Bonchev–Trinajstić information content (AvgIpc) is 2.98. The van der Waals surface area contributed by atoms with Gasteiger partial charge in [0.2, 0.25) is 0 Å². The Labute approximate surface area is 175 Å². The Bertz CT molecular complexity index is 1030. The first kappa shape index (κ1) is 20.3. The predicted molar refractivity (Wildman–Crippen MR) is 112 cm³/mol. The maximum absolute atomic E-state index is 12.9. The molecule has 2 N–H and O–H groups in total. The van der Waals surface area contributed by atoms with Crippen LogP contribution in [0.3, 0.4) is 0 Å². The number of amides is 4. The molecule has 8 nitrogen and oxygen atoms in total. The summed E-state index contributed by atoms with van der Waals surface area (Å²) in [5.41, 5.74) is 5.10. The van der Waals surface area contributed by atoms with Crippen molar-refractivity contribution in [2.45, 2.75) is 64.8 Å². The molecule has 1 saturated carbocycles. The Kier molecular flexibility index (Phi) is 5.17. The summed E-state index contributed by atoms with van der Waals surface area (Å²) >= 11 is 0. The second-order valence-electron chi connectivity index (χ2n) is 8.30. The Balaban J connectivity index is 1.55. The molecule has 1 aromatic heterocycles. The highest BCUT2D eigenvalue weighted by Gasteiger charge is 2.52. The third-order valence-electron chi connectivity index (χ3n) is 6.25. The van der Waals surface area contributed by atoms with Crippen LogP contribution < -0.4 is 10.7 Å². The van der Waals surface area contributed by atoms with Crippen LogP contribution in [0.4, 0.5) is 4.79 Å². The average molecular weight is 409 g/mol. The van der Waals surface area contributed by atoms with Gasteiger partial charge in [-0.1, -0.05) is 20.8 Å². The molecular formula is C22H27N5O3. The minimum absolute atomic E-state index is 0.321. The van der Waals surface area contributed by atoms with Gasteiger partial charge in [0.1, 0.15) is 5.54 Å². The summed E-state index contributed by atoms with van der Waals surface area (Å²) in [6, 6.07) is 4.44. The van der Waals surface area contributed by atoms with E-state index in [0.717, 1.165) is 42.1 Å². The highest BCUT2D eigenvalue weighted by atomic mass is 16.2. The highest BCUT2D eigenvalue weighted by Crippen LogP contribution is 2.35. The van der Waals surface area contributed by atoms with Gasteiger partial charge in [0.05, 0.1) is 22.4 Å². The molecule has 1 saturated heterocycles. The molecule has 2 heterocycles. The van der Waals surface area contributed by atoms with E-state index in [1.54, 1.807) is 18.2 Å². The summed E-state index contributed by atoms with van der Waals surface area (Å²) in [6.07, 6.45) is 4.48. The largest absolute Gasteiger partial charge is 0.344 e. The van der Waals surface area contributed by atoms with E-state index in [4.69, 9.17) is 0 Å². The second-order valence-corrected chi connectivity index (χ2v) is 8.30. The van der Waals surface area contributed by atoms with Crippen molar-refractivity contribution in [1.29, 1.82) is 0 Å². The number of hydrazine groups is 1. The Hall–Kier alpha value is -3.03. The van der Waals surface area contributed by atoms with Gasteiger partial charge in [-0.25, -0.2) is 14.8 Å². The molecule has 30 heavy (non-hydrogen) atoms. The van der Waals surface area contributed by atoms with Gasteiger partial charge in [0, 0.05) is 5.56 Å². The number of urea groups is 1. The first-order chi connectivity index (χ1) is 14.4. The normalized spacial score (nSPS) is 23.8. The van der Waals surface area contributed by atoms with E-state index < -0.39 is 17.5 Å². The highest BCUT2D eigenvalue weighted by molar-refractivity contribution is 6.09. The van der Waals surface area contributed by atoms with Crippen LogP contribution in [-0.2, 0) is 17.6 Å². The zero-order valence-electron chi connectivity index (χ0n) is 17.6. The molecule has 2 aromatic rings. The number of hydrogen-bond donors (Lipinski definition) is 2. The second kappa shape index (κ2) is 7.66. The number of fused-ring (bicyclic) bond motifs is 1. The van der Waals surface area contributed by atoms with E-state index in [1.807, 2.05) is 13.8 Å². The molecule has 0 unspecified atom stereocenters. The number of carbonyl (C=O) groups excluding carboxylic acids is 3. The molecule has 4 amide bonds. The van der Waals surface area contributed by atoms with Crippen LogP contribution >= 0.6 is 0 Å². The molecule has 1 spiro atoms. The zero-order chi connectivity index (χ0) is 21.5. The Morgan fingerprint density at radius 3 is 2.40 bits per heavy atom. The van der Waals surface area contributed by atoms with Crippen molar-refractivity contribution in [2.24, 2.45) is 5.92 Å². The van der Waals surface area contributed by atoms with Gasteiger partial charge in [-0.2, -0.15) is 5.01 Å². The van der Waals surface area contributed by atoms with Crippen LogP contribution in [0.2, 0.25) is 0 Å². The molecule has 2 aliphatic rings. The molecule has 1 aliphatic carbocycles. The van der Waals surface area contributed by atoms with Crippen LogP contribution in [0.25, 0.3) is 11.0 Å². The minimum Gasteiger partial charge on any atom is -0.322 e. The van der Waals surface area contributed by atoms with Crippen molar-refractivity contribution in [3.8, 4) is 0 Å². The number of aryl methyl sites for hydroxylation is 2. The SMILES string of the molecule is CCc1nc2ccc(C(=O)NN3C(=O)NC4(CCC(C)CC4)C3=O)cc2nc1CC. The third-order valence-corrected chi connectivity index (χ3v) is 6.25. The van der Waals surface area contributed by atoms with E-state index in [0.29, 0.717) is 35.4 Å². The molecule has 0 atom stereocenters. The van der Waals surface area contributed by atoms with Gasteiger partial charge in [-0.15, -0.1) is 0 Å². The topological polar surface area (TPSA) is 104 Å². The van der Waals surface area contributed by atoms with E-state index in [1.165, 1.54) is 0 Å². The number of aromatic nitrogens is 2. The lowest BCUT2D eigenvalue weighted by atomic mass is 9.77. The lowest BCUT2D eigenvalue weighted by Crippen LogP contribution is -2.51. The van der Waals surface area contributed by atoms with Crippen LogP contribution in [-0.4, -0.2) is 38.4 Å². The van der Waals surface area contributed by atoms with Crippen LogP contribution in [0.5, 0.6) is 0 Å². The fourth-order valence-electron chi connectivity index (χ4n) is 4.32. The Morgan fingerprint density at radius 1 is 1.13 bits per heavy atom. The number of hydrogen-bond acceptors (Lipinski definition) is 5. The number of nitrogens with zero attached hydrogens (tertiary/aromatic N) is 3. The van der Waals surface area contributed by atoms with Gasteiger partial charge < -0.3 is 5.32 Å². The van der Waals surface area contributed by atoms with Crippen molar-refractivity contribution in [3.05, 3.63) is 35.2 Å². The van der Waals surface area contributed by atoms with Crippen LogP contribution in [0.15, 0.2) is 18.2 Å². The Morgan fingerprint density at radius 2 is 1.77 bits per heavy atom. The summed E-state index contributed by atoms with van der Waals surface area (Å²) in [5.74, 6) is -0.376. The maximum atomic E-state index is 12.9. The fourth-order valence-corrected chi connectivity index (χ4v) is 4.32. The van der Waals surface area contributed by atoms with Crippen molar-refractivity contribution in [2.75, 3.05) is 0 Å². The number of benzene rings is 1. The third kappa shape index (κ3) is 3.40. The zero-order valence-corrected chi connectivity index (χ0v) is 17.6. The van der Waals surface area contributed by atoms with Gasteiger partial charge in [0.25, 0.3) is 11.8 Å². The minimum atomic E-state index is -0.891. The molecule has 158 valence electrons. The van der Waals surface area contributed by atoms with E-state index >= 15 is 0 Å². The first-order valence-electron chi connectivity index (χ1n) is 10.6.